The number of fused-ring (bicyclic) bond motifs is 1. The summed E-state index contributed by atoms with van der Waals surface area (Å²) in [5.74, 6) is 0.523. The molecule has 0 radical (unpaired) electrons. The van der Waals surface area contributed by atoms with Gasteiger partial charge in [-0.1, -0.05) is 42.5 Å². The summed E-state index contributed by atoms with van der Waals surface area (Å²) >= 11 is 0. The molecule has 0 amide bonds. The normalized spacial score (nSPS) is 27.5. The molecule has 1 fully saturated rings. The van der Waals surface area contributed by atoms with Crippen molar-refractivity contribution >= 4 is 0 Å². The number of hydrogen-bond acceptors (Lipinski definition) is 1. The highest BCUT2D eigenvalue weighted by atomic mass is 15.1. The third-order valence-corrected chi connectivity index (χ3v) is 4.43. The maximum atomic E-state index is 3.75. The molecule has 0 spiro atoms. The summed E-state index contributed by atoms with van der Waals surface area (Å²) in [5, 5.41) is 3.75. The monoisotopic (exact) mass is 253 g/mol. The van der Waals surface area contributed by atoms with Crippen molar-refractivity contribution in [2.75, 3.05) is 0 Å². The van der Waals surface area contributed by atoms with Crippen LogP contribution in [0.2, 0.25) is 0 Å². The Bertz CT molecular complexity index is 546. The van der Waals surface area contributed by atoms with Crippen molar-refractivity contribution in [3.05, 3.63) is 59.2 Å². The fourth-order valence-corrected chi connectivity index (χ4v) is 3.70. The van der Waals surface area contributed by atoms with E-state index in [-0.39, 0.29) is 11.1 Å². The molecule has 1 nitrogen and oxygen atoms in total. The van der Waals surface area contributed by atoms with Crippen LogP contribution >= 0.6 is 0 Å². The van der Waals surface area contributed by atoms with Crippen molar-refractivity contribution in [1.29, 1.82) is 0 Å². The molecule has 1 aromatic carbocycles. The highest BCUT2D eigenvalue weighted by molar-refractivity contribution is 5.54. The van der Waals surface area contributed by atoms with Gasteiger partial charge < -0.3 is 0 Å². The van der Waals surface area contributed by atoms with E-state index in [2.05, 4.69) is 75.5 Å². The van der Waals surface area contributed by atoms with E-state index >= 15 is 0 Å². The maximum Gasteiger partial charge on any atom is 0.0385 e. The number of allylic oxidation sites excluding steroid dienone is 2. The molecule has 19 heavy (non-hydrogen) atoms. The molecule has 1 aromatic rings. The molecule has 1 aliphatic carbocycles. The van der Waals surface area contributed by atoms with E-state index in [9.17, 15) is 0 Å². The Kier molecular flexibility index (Phi) is 2.72. The number of benzene rings is 1. The van der Waals surface area contributed by atoms with Gasteiger partial charge in [0.05, 0.1) is 0 Å². The van der Waals surface area contributed by atoms with Gasteiger partial charge in [-0.3, -0.25) is 5.32 Å². The van der Waals surface area contributed by atoms with Crippen molar-refractivity contribution < 1.29 is 0 Å². The van der Waals surface area contributed by atoms with Gasteiger partial charge >= 0.3 is 0 Å². The summed E-state index contributed by atoms with van der Waals surface area (Å²) in [4.78, 5) is 0. The topological polar surface area (TPSA) is 12.0 Å². The Morgan fingerprint density at radius 1 is 0.947 bits per heavy atom. The molecule has 1 saturated heterocycles. The SMILES string of the molecule is CC1(C)NC(C)(C)C2=CC(c3ccccc3)CC=C21. The minimum absolute atomic E-state index is 0.0722. The molecule has 100 valence electrons. The molecule has 1 unspecified atom stereocenters. The average Bonchev–Trinajstić information content (AvgIpc) is 2.56. The van der Waals surface area contributed by atoms with E-state index < -0.39 is 0 Å². The van der Waals surface area contributed by atoms with Gasteiger partial charge in [-0.25, -0.2) is 0 Å². The van der Waals surface area contributed by atoms with Crippen molar-refractivity contribution in [3.63, 3.8) is 0 Å². The zero-order valence-electron chi connectivity index (χ0n) is 12.3. The van der Waals surface area contributed by atoms with Gasteiger partial charge in [0.1, 0.15) is 0 Å². The second-order valence-corrected chi connectivity index (χ2v) is 6.83. The summed E-state index contributed by atoms with van der Waals surface area (Å²) < 4.78 is 0. The molecule has 1 aliphatic heterocycles. The largest absolute Gasteiger partial charge is 0.299 e. The van der Waals surface area contributed by atoms with Crippen LogP contribution in [-0.2, 0) is 0 Å². The molecule has 2 aliphatic rings. The van der Waals surface area contributed by atoms with E-state index in [4.69, 9.17) is 0 Å². The molecular weight excluding hydrogens is 230 g/mol. The first kappa shape index (κ1) is 12.7. The number of rotatable bonds is 1. The first-order chi connectivity index (χ1) is 8.90. The predicted octanol–water partition coefficient (Wildman–Crippen LogP) is 4.19. The quantitative estimate of drug-likeness (QED) is 0.791. The lowest BCUT2D eigenvalue weighted by molar-refractivity contribution is 0.401. The minimum atomic E-state index is 0.0722. The van der Waals surface area contributed by atoms with Crippen molar-refractivity contribution in [2.45, 2.75) is 51.1 Å². The van der Waals surface area contributed by atoms with Crippen LogP contribution in [0.1, 0.15) is 45.6 Å². The van der Waals surface area contributed by atoms with Gasteiger partial charge in [-0.15, -0.1) is 0 Å². The second-order valence-electron chi connectivity index (χ2n) is 6.83. The fraction of sp³-hybridized carbons (Fsp3) is 0.444. The zero-order valence-corrected chi connectivity index (χ0v) is 12.3. The van der Waals surface area contributed by atoms with Crippen LogP contribution in [0.15, 0.2) is 53.6 Å². The molecule has 0 saturated carbocycles. The molecule has 0 aromatic heterocycles. The van der Waals surface area contributed by atoms with Gasteiger partial charge in [0.2, 0.25) is 0 Å². The molecule has 1 heterocycles. The molecule has 1 heteroatoms. The van der Waals surface area contributed by atoms with Gasteiger partial charge in [0, 0.05) is 17.0 Å². The Labute approximate surface area is 116 Å². The van der Waals surface area contributed by atoms with Gasteiger partial charge in [-0.2, -0.15) is 0 Å². The minimum Gasteiger partial charge on any atom is -0.299 e. The Balaban J connectivity index is 2.01. The molecule has 3 rings (SSSR count). The first-order valence-electron chi connectivity index (χ1n) is 7.18. The average molecular weight is 253 g/mol. The lowest BCUT2D eigenvalue weighted by Gasteiger charge is -2.25. The van der Waals surface area contributed by atoms with Crippen molar-refractivity contribution in [3.8, 4) is 0 Å². The highest BCUT2D eigenvalue weighted by Gasteiger charge is 2.45. The summed E-state index contributed by atoms with van der Waals surface area (Å²) in [7, 11) is 0. The Hall–Kier alpha value is -1.34. The molecule has 1 N–H and O–H groups in total. The molecule has 1 atom stereocenters. The first-order valence-corrected chi connectivity index (χ1v) is 7.18. The zero-order chi connectivity index (χ0) is 13.7. The van der Waals surface area contributed by atoms with Crippen molar-refractivity contribution in [1.82, 2.24) is 5.32 Å². The van der Waals surface area contributed by atoms with Crippen molar-refractivity contribution in [2.24, 2.45) is 0 Å². The van der Waals surface area contributed by atoms with Crippen LogP contribution in [-0.4, -0.2) is 11.1 Å². The lowest BCUT2D eigenvalue weighted by Crippen LogP contribution is -2.43. The van der Waals surface area contributed by atoms with Gasteiger partial charge in [0.25, 0.3) is 0 Å². The number of nitrogens with one attached hydrogen (secondary N) is 1. The standard InChI is InChI=1S/C18H23N/c1-17(2)15-11-10-14(13-8-6-5-7-9-13)12-16(15)18(3,4)19-17/h5-9,11-12,14,19H,10H2,1-4H3. The fourth-order valence-electron chi connectivity index (χ4n) is 3.70. The lowest BCUT2D eigenvalue weighted by atomic mass is 9.78. The third kappa shape index (κ3) is 2.06. The van der Waals surface area contributed by atoms with Crippen LogP contribution in [0.25, 0.3) is 0 Å². The Morgan fingerprint density at radius 3 is 2.26 bits per heavy atom. The summed E-state index contributed by atoms with van der Waals surface area (Å²) in [6.45, 7) is 9.14. The van der Waals surface area contributed by atoms with E-state index in [1.54, 1.807) is 0 Å². The van der Waals surface area contributed by atoms with Gasteiger partial charge in [0.15, 0.2) is 0 Å². The Morgan fingerprint density at radius 2 is 1.58 bits per heavy atom. The van der Waals surface area contributed by atoms with E-state index in [1.807, 2.05) is 0 Å². The van der Waals surface area contributed by atoms with E-state index in [1.165, 1.54) is 16.7 Å². The van der Waals surface area contributed by atoms with Crippen LogP contribution in [0, 0.1) is 0 Å². The second kappa shape index (κ2) is 4.08. The maximum absolute atomic E-state index is 3.75. The summed E-state index contributed by atoms with van der Waals surface area (Å²) in [5.41, 5.74) is 4.56. The van der Waals surface area contributed by atoms with Crippen LogP contribution in [0.5, 0.6) is 0 Å². The van der Waals surface area contributed by atoms with E-state index in [0.717, 1.165) is 6.42 Å². The molecular formula is C18H23N. The van der Waals surface area contributed by atoms with E-state index in [0.29, 0.717) is 5.92 Å². The summed E-state index contributed by atoms with van der Waals surface area (Å²) in [6.07, 6.45) is 6.03. The van der Waals surface area contributed by atoms with Crippen LogP contribution < -0.4 is 5.32 Å². The van der Waals surface area contributed by atoms with Crippen LogP contribution in [0.4, 0.5) is 0 Å². The highest BCUT2D eigenvalue weighted by Crippen LogP contribution is 2.45. The predicted molar refractivity (Wildman–Crippen MR) is 81.3 cm³/mol. The third-order valence-electron chi connectivity index (χ3n) is 4.43. The number of hydrogen-bond donors (Lipinski definition) is 1. The van der Waals surface area contributed by atoms with Crippen LogP contribution in [0.3, 0.4) is 0 Å². The summed E-state index contributed by atoms with van der Waals surface area (Å²) in [6, 6.07) is 10.8. The molecule has 0 bridgehead atoms. The van der Waals surface area contributed by atoms with Gasteiger partial charge in [-0.05, 0) is 50.8 Å². The smallest absolute Gasteiger partial charge is 0.0385 e.